The van der Waals surface area contributed by atoms with E-state index in [2.05, 4.69) is 32.7 Å². The second-order valence-corrected chi connectivity index (χ2v) is 6.85. The Morgan fingerprint density at radius 2 is 2.12 bits per heavy atom. The summed E-state index contributed by atoms with van der Waals surface area (Å²) in [5.41, 5.74) is 1.35. The Morgan fingerprint density at radius 1 is 1.38 bits per heavy atom. The molecule has 1 aliphatic rings. The molecule has 1 saturated carbocycles. The van der Waals surface area contributed by atoms with Gasteiger partial charge in [-0.25, -0.2) is 0 Å². The number of nitrogens with one attached hydrogen (secondary N) is 1. The molecule has 4 heteroatoms. The molecule has 0 saturated heterocycles. The number of aliphatic hydroxyl groups excluding tert-OH is 1. The van der Waals surface area contributed by atoms with Gasteiger partial charge in [0.05, 0.1) is 9.89 Å². The molecule has 2 nitrogen and oxygen atoms in total. The van der Waals surface area contributed by atoms with Gasteiger partial charge in [-0.1, -0.05) is 0 Å². The number of aliphatic hydroxyl groups is 1. The van der Waals surface area contributed by atoms with E-state index < -0.39 is 0 Å². The molecule has 2 rings (SSSR count). The predicted molar refractivity (Wildman–Crippen MR) is 71.7 cm³/mol. The van der Waals surface area contributed by atoms with Crippen molar-refractivity contribution < 1.29 is 5.11 Å². The third kappa shape index (κ3) is 3.84. The highest BCUT2D eigenvalue weighted by molar-refractivity contribution is 9.11. The first-order valence-electron chi connectivity index (χ1n) is 5.85. The van der Waals surface area contributed by atoms with E-state index in [9.17, 15) is 5.11 Å². The van der Waals surface area contributed by atoms with E-state index in [0.717, 1.165) is 31.8 Å². The maximum Gasteiger partial charge on any atom is 0.0701 e. The third-order valence-electron chi connectivity index (χ3n) is 3.20. The number of thiophene rings is 1. The fraction of sp³-hybridized carbons (Fsp3) is 0.667. The Morgan fingerprint density at radius 3 is 2.75 bits per heavy atom. The van der Waals surface area contributed by atoms with Crippen molar-refractivity contribution in [2.45, 2.75) is 38.3 Å². The predicted octanol–water partition coefficient (Wildman–Crippen LogP) is 3.15. The van der Waals surface area contributed by atoms with Crippen LogP contribution in [0.4, 0.5) is 0 Å². The van der Waals surface area contributed by atoms with Crippen LogP contribution < -0.4 is 5.32 Å². The van der Waals surface area contributed by atoms with Gasteiger partial charge in [0.2, 0.25) is 0 Å². The summed E-state index contributed by atoms with van der Waals surface area (Å²) in [6.07, 6.45) is 4.26. The van der Waals surface area contributed by atoms with Crippen LogP contribution in [0.1, 0.15) is 31.2 Å². The fourth-order valence-corrected chi connectivity index (χ4v) is 3.42. The van der Waals surface area contributed by atoms with Gasteiger partial charge in [-0.2, -0.15) is 0 Å². The summed E-state index contributed by atoms with van der Waals surface area (Å²) in [5.74, 6) is 0.755. The quantitative estimate of drug-likeness (QED) is 0.895. The standard InChI is InChI=1S/C12H18BrNOS/c13-12-5-10(8-16-12)7-14-6-9-1-3-11(15)4-2-9/h5,8-9,11,14-15H,1-4,6-7H2. The highest BCUT2D eigenvalue weighted by Crippen LogP contribution is 2.24. The summed E-state index contributed by atoms with van der Waals surface area (Å²) in [4.78, 5) is 0. The van der Waals surface area contributed by atoms with Crippen LogP contribution in [0.2, 0.25) is 0 Å². The lowest BCUT2D eigenvalue weighted by Gasteiger charge is -2.25. The zero-order valence-corrected chi connectivity index (χ0v) is 11.7. The number of hydrogen-bond donors (Lipinski definition) is 2. The summed E-state index contributed by atoms with van der Waals surface area (Å²) in [6, 6.07) is 2.17. The molecular weight excluding hydrogens is 286 g/mol. The zero-order valence-electron chi connectivity index (χ0n) is 9.29. The highest BCUT2D eigenvalue weighted by atomic mass is 79.9. The van der Waals surface area contributed by atoms with Crippen LogP contribution in [0.25, 0.3) is 0 Å². The largest absolute Gasteiger partial charge is 0.393 e. The first-order valence-corrected chi connectivity index (χ1v) is 7.53. The number of halogens is 1. The van der Waals surface area contributed by atoms with E-state index in [1.807, 2.05) is 0 Å². The first-order chi connectivity index (χ1) is 7.74. The first kappa shape index (κ1) is 12.6. The monoisotopic (exact) mass is 303 g/mol. The van der Waals surface area contributed by atoms with Gasteiger partial charge >= 0.3 is 0 Å². The molecule has 1 aromatic heterocycles. The summed E-state index contributed by atoms with van der Waals surface area (Å²) in [5, 5.41) is 15.1. The summed E-state index contributed by atoms with van der Waals surface area (Å²) < 4.78 is 1.20. The zero-order chi connectivity index (χ0) is 11.4. The third-order valence-corrected chi connectivity index (χ3v) is 4.75. The SMILES string of the molecule is OC1CCC(CNCc2csc(Br)c2)CC1. The van der Waals surface area contributed by atoms with Gasteiger partial charge in [-0.05, 0) is 71.1 Å². The molecule has 0 spiro atoms. The van der Waals surface area contributed by atoms with Crippen LogP contribution in [0, 0.1) is 5.92 Å². The molecule has 1 aliphatic carbocycles. The Bertz CT molecular complexity index is 321. The molecule has 2 N–H and O–H groups in total. The Kier molecular flexibility index (Phi) is 4.82. The summed E-state index contributed by atoms with van der Waals surface area (Å²) in [7, 11) is 0. The topological polar surface area (TPSA) is 32.3 Å². The van der Waals surface area contributed by atoms with Gasteiger partial charge in [0.15, 0.2) is 0 Å². The molecule has 0 unspecified atom stereocenters. The molecular formula is C12H18BrNOS. The number of rotatable bonds is 4. The van der Waals surface area contributed by atoms with Crippen LogP contribution in [0.15, 0.2) is 15.2 Å². The molecule has 0 aliphatic heterocycles. The number of hydrogen-bond acceptors (Lipinski definition) is 3. The molecule has 0 aromatic carbocycles. The average Bonchev–Trinajstić information content (AvgIpc) is 2.67. The van der Waals surface area contributed by atoms with Gasteiger partial charge in [0.25, 0.3) is 0 Å². The van der Waals surface area contributed by atoms with Crippen LogP contribution in [0.3, 0.4) is 0 Å². The van der Waals surface area contributed by atoms with Crippen molar-refractivity contribution in [3.63, 3.8) is 0 Å². The molecule has 0 radical (unpaired) electrons. The summed E-state index contributed by atoms with van der Waals surface area (Å²) in [6.45, 7) is 2.04. The normalized spacial score (nSPS) is 25.9. The minimum absolute atomic E-state index is 0.0379. The van der Waals surface area contributed by atoms with Gasteiger partial charge in [0.1, 0.15) is 0 Å². The molecule has 0 atom stereocenters. The van der Waals surface area contributed by atoms with Crippen LogP contribution in [0.5, 0.6) is 0 Å². The van der Waals surface area contributed by atoms with Crippen molar-refractivity contribution in [1.82, 2.24) is 5.32 Å². The van der Waals surface area contributed by atoms with Gasteiger partial charge < -0.3 is 10.4 Å². The summed E-state index contributed by atoms with van der Waals surface area (Å²) >= 11 is 5.20. The lowest BCUT2D eigenvalue weighted by Crippen LogP contribution is -2.27. The Labute approximate surface area is 109 Å². The minimum Gasteiger partial charge on any atom is -0.393 e. The molecule has 0 bridgehead atoms. The fourth-order valence-electron chi connectivity index (χ4n) is 2.21. The second kappa shape index (κ2) is 6.15. The minimum atomic E-state index is -0.0379. The lowest BCUT2D eigenvalue weighted by molar-refractivity contribution is 0.108. The Balaban J connectivity index is 1.64. The van der Waals surface area contributed by atoms with Crippen molar-refractivity contribution in [2.75, 3.05) is 6.54 Å². The van der Waals surface area contributed by atoms with Gasteiger partial charge in [-0.15, -0.1) is 11.3 Å². The maximum absolute atomic E-state index is 9.41. The van der Waals surface area contributed by atoms with E-state index in [0.29, 0.717) is 0 Å². The smallest absolute Gasteiger partial charge is 0.0701 e. The van der Waals surface area contributed by atoms with Crippen molar-refractivity contribution in [2.24, 2.45) is 5.92 Å². The molecule has 90 valence electrons. The average molecular weight is 304 g/mol. The molecule has 16 heavy (non-hydrogen) atoms. The van der Waals surface area contributed by atoms with Gasteiger partial charge in [0, 0.05) is 6.54 Å². The molecule has 1 fully saturated rings. The van der Waals surface area contributed by atoms with Crippen LogP contribution in [-0.4, -0.2) is 17.8 Å². The maximum atomic E-state index is 9.41. The second-order valence-electron chi connectivity index (χ2n) is 4.56. The van der Waals surface area contributed by atoms with Crippen LogP contribution >= 0.6 is 27.3 Å². The van der Waals surface area contributed by atoms with Crippen molar-refractivity contribution in [1.29, 1.82) is 0 Å². The van der Waals surface area contributed by atoms with Crippen molar-refractivity contribution >= 4 is 27.3 Å². The van der Waals surface area contributed by atoms with E-state index in [1.54, 1.807) is 11.3 Å². The lowest BCUT2D eigenvalue weighted by atomic mass is 9.87. The van der Waals surface area contributed by atoms with Crippen molar-refractivity contribution in [3.05, 3.63) is 20.8 Å². The Hall–Kier alpha value is 0.100. The van der Waals surface area contributed by atoms with E-state index in [-0.39, 0.29) is 6.10 Å². The van der Waals surface area contributed by atoms with E-state index >= 15 is 0 Å². The highest BCUT2D eigenvalue weighted by Gasteiger charge is 2.18. The van der Waals surface area contributed by atoms with E-state index in [4.69, 9.17) is 0 Å². The molecule has 1 aromatic rings. The van der Waals surface area contributed by atoms with Gasteiger partial charge in [-0.3, -0.25) is 0 Å². The van der Waals surface area contributed by atoms with Crippen molar-refractivity contribution in [3.8, 4) is 0 Å². The molecule has 1 heterocycles. The van der Waals surface area contributed by atoms with Crippen LogP contribution in [-0.2, 0) is 6.54 Å². The molecule has 0 amide bonds. The van der Waals surface area contributed by atoms with E-state index in [1.165, 1.54) is 22.2 Å².